The van der Waals surface area contributed by atoms with Gasteiger partial charge >= 0.3 is 13.1 Å². The summed E-state index contributed by atoms with van der Waals surface area (Å²) in [6.07, 6.45) is 5.38. The highest BCUT2D eigenvalue weighted by atomic mass is 16.4. The van der Waals surface area contributed by atoms with Gasteiger partial charge in [-0.05, 0) is 42.5 Å². The van der Waals surface area contributed by atoms with Crippen LogP contribution in [-0.4, -0.2) is 50.4 Å². The summed E-state index contributed by atoms with van der Waals surface area (Å²) in [5.41, 5.74) is 4.13. The van der Waals surface area contributed by atoms with Crippen molar-refractivity contribution in [2.24, 2.45) is 0 Å². The molecule has 2 aromatic carbocycles. The molecule has 1 atom stereocenters. The van der Waals surface area contributed by atoms with E-state index in [1.807, 2.05) is 55.5 Å². The highest BCUT2D eigenvalue weighted by Crippen LogP contribution is 2.12. The maximum atomic E-state index is 12.3. The number of carbonyl (C=O) groups is 1. The van der Waals surface area contributed by atoms with Crippen molar-refractivity contribution in [1.29, 1.82) is 5.26 Å². The van der Waals surface area contributed by atoms with Crippen molar-refractivity contribution < 1.29 is 14.8 Å². The molecule has 4 N–H and O–H groups in total. The Morgan fingerprint density at radius 3 is 2.70 bits per heavy atom. The molecule has 3 aromatic rings. The Hall–Kier alpha value is -3.94. The molecule has 0 unspecified atom stereocenters. The number of allylic oxidation sites excluding steroid dienone is 1. The predicted molar refractivity (Wildman–Crippen MR) is 125 cm³/mol. The predicted octanol–water partition coefficient (Wildman–Crippen LogP) is 1.57. The average Bonchev–Trinajstić information content (AvgIpc) is 3.33. The summed E-state index contributed by atoms with van der Waals surface area (Å²) >= 11 is 0. The van der Waals surface area contributed by atoms with Gasteiger partial charge in [-0.15, -0.1) is 0 Å². The van der Waals surface area contributed by atoms with E-state index in [1.165, 1.54) is 17.3 Å². The Morgan fingerprint density at radius 2 is 2.03 bits per heavy atom. The lowest BCUT2D eigenvalue weighted by molar-refractivity contribution is 0.237. The SMILES string of the molecule is Cc1ccc(C[C@H](NC(=O)NCCc2cccc(/C=C(\C#N)n3cncn3)c2)B(O)O)cc1. The lowest BCUT2D eigenvalue weighted by atomic mass is 9.76. The summed E-state index contributed by atoms with van der Waals surface area (Å²) in [5, 5.41) is 38.0. The molecule has 1 aromatic heterocycles. The zero-order valence-corrected chi connectivity index (χ0v) is 18.2. The summed E-state index contributed by atoms with van der Waals surface area (Å²) in [5.74, 6) is -0.831. The normalized spacial score (nSPS) is 12.0. The number of nitriles is 1. The molecule has 0 bridgehead atoms. The molecule has 3 rings (SSSR count). The van der Waals surface area contributed by atoms with Gasteiger partial charge in [0.2, 0.25) is 0 Å². The van der Waals surface area contributed by atoms with Crippen LogP contribution in [0.2, 0.25) is 0 Å². The fourth-order valence-corrected chi connectivity index (χ4v) is 3.23. The van der Waals surface area contributed by atoms with Crippen LogP contribution in [0.25, 0.3) is 11.8 Å². The molecular weight excluding hydrogens is 419 g/mol. The second-order valence-corrected chi connectivity index (χ2v) is 7.59. The van der Waals surface area contributed by atoms with E-state index in [2.05, 4.69) is 26.8 Å². The van der Waals surface area contributed by atoms with Crippen molar-refractivity contribution in [2.45, 2.75) is 25.7 Å². The molecule has 0 saturated heterocycles. The minimum atomic E-state index is -1.68. The molecule has 9 nitrogen and oxygen atoms in total. The first-order valence-corrected chi connectivity index (χ1v) is 10.5. The Morgan fingerprint density at radius 1 is 1.24 bits per heavy atom. The molecule has 0 fully saturated rings. The van der Waals surface area contributed by atoms with Crippen LogP contribution in [0.4, 0.5) is 4.79 Å². The van der Waals surface area contributed by atoms with Gasteiger partial charge in [0, 0.05) is 6.54 Å². The van der Waals surface area contributed by atoms with Crippen LogP contribution in [0.3, 0.4) is 0 Å². The maximum absolute atomic E-state index is 12.3. The first-order valence-electron chi connectivity index (χ1n) is 10.5. The van der Waals surface area contributed by atoms with Crippen molar-refractivity contribution in [3.63, 3.8) is 0 Å². The third-order valence-electron chi connectivity index (χ3n) is 4.99. The third-order valence-corrected chi connectivity index (χ3v) is 4.99. The van der Waals surface area contributed by atoms with Crippen LogP contribution in [0.5, 0.6) is 0 Å². The zero-order chi connectivity index (χ0) is 23.6. The number of aromatic nitrogens is 3. The van der Waals surface area contributed by atoms with Crippen LogP contribution in [0.1, 0.15) is 22.3 Å². The summed E-state index contributed by atoms with van der Waals surface area (Å²) in [7, 11) is -1.68. The van der Waals surface area contributed by atoms with E-state index in [1.54, 1.807) is 6.08 Å². The van der Waals surface area contributed by atoms with Crippen LogP contribution in [0, 0.1) is 18.3 Å². The van der Waals surface area contributed by atoms with Crippen molar-refractivity contribution in [3.05, 3.63) is 83.4 Å². The molecule has 2 amide bonds. The molecule has 168 valence electrons. The van der Waals surface area contributed by atoms with Gasteiger partial charge in [-0.1, -0.05) is 54.1 Å². The molecule has 0 saturated carbocycles. The van der Waals surface area contributed by atoms with Crippen LogP contribution < -0.4 is 10.6 Å². The summed E-state index contributed by atoms with van der Waals surface area (Å²) < 4.78 is 1.39. The maximum Gasteiger partial charge on any atom is 0.475 e. The van der Waals surface area contributed by atoms with Crippen molar-refractivity contribution in [1.82, 2.24) is 25.4 Å². The van der Waals surface area contributed by atoms with Gasteiger partial charge in [0.1, 0.15) is 24.4 Å². The number of nitrogens with one attached hydrogen (secondary N) is 2. The topological polar surface area (TPSA) is 136 Å². The molecule has 0 aliphatic carbocycles. The molecular formula is C23H25BN6O3. The quantitative estimate of drug-likeness (QED) is 0.292. The summed E-state index contributed by atoms with van der Waals surface area (Å²) in [6, 6.07) is 16.9. The number of aryl methyl sites for hydroxylation is 1. The van der Waals surface area contributed by atoms with Crippen LogP contribution in [0.15, 0.2) is 61.2 Å². The molecule has 10 heteroatoms. The smallest absolute Gasteiger partial charge is 0.426 e. The second-order valence-electron chi connectivity index (χ2n) is 7.59. The third kappa shape index (κ3) is 7.31. The molecule has 0 aliphatic heterocycles. The Bertz CT molecular complexity index is 1120. The Labute approximate surface area is 192 Å². The van der Waals surface area contributed by atoms with Crippen LogP contribution in [-0.2, 0) is 12.8 Å². The van der Waals surface area contributed by atoms with Gasteiger partial charge in [0.15, 0.2) is 0 Å². The number of urea groups is 1. The first kappa shape index (κ1) is 23.7. The number of benzene rings is 2. The minimum absolute atomic E-state index is 0.298. The van der Waals surface area contributed by atoms with E-state index < -0.39 is 19.1 Å². The van der Waals surface area contributed by atoms with E-state index in [4.69, 9.17) is 0 Å². The van der Waals surface area contributed by atoms with E-state index >= 15 is 0 Å². The number of nitrogens with zero attached hydrogens (tertiary/aromatic N) is 4. The lowest BCUT2D eigenvalue weighted by Crippen LogP contribution is -2.51. The van der Waals surface area contributed by atoms with Gasteiger partial charge < -0.3 is 20.7 Å². The minimum Gasteiger partial charge on any atom is -0.426 e. The van der Waals surface area contributed by atoms with E-state index in [0.717, 1.165) is 22.3 Å². The fraction of sp³-hybridized carbons (Fsp3) is 0.217. The Kier molecular flexibility index (Phi) is 8.35. The number of hydrogen-bond donors (Lipinski definition) is 4. The van der Waals surface area contributed by atoms with Crippen LogP contribution >= 0.6 is 0 Å². The largest absolute Gasteiger partial charge is 0.475 e. The number of rotatable bonds is 9. The molecule has 0 aliphatic rings. The first-order chi connectivity index (χ1) is 15.9. The standard InChI is InChI=1S/C23H25BN6O3/c1-17-5-7-19(8-6-17)13-22(24(32)33)29-23(31)27-10-9-18-3-2-4-20(11-18)12-21(14-25)30-16-26-15-28-30/h2-8,11-12,15-16,22,32-33H,9-10,13H2,1H3,(H2,27,29,31)/b21-12+/t22-/m0/s1. The second kappa shape index (κ2) is 11.6. The van der Waals surface area contributed by atoms with E-state index in [0.29, 0.717) is 25.1 Å². The van der Waals surface area contributed by atoms with Gasteiger partial charge in [-0.2, -0.15) is 10.4 Å². The van der Waals surface area contributed by atoms with Crippen molar-refractivity contribution in [2.75, 3.05) is 6.54 Å². The van der Waals surface area contributed by atoms with E-state index in [9.17, 15) is 20.1 Å². The van der Waals surface area contributed by atoms with Crippen molar-refractivity contribution >= 4 is 24.9 Å². The lowest BCUT2D eigenvalue weighted by Gasteiger charge is -2.18. The number of amides is 2. The molecule has 0 radical (unpaired) electrons. The average molecular weight is 444 g/mol. The zero-order valence-electron chi connectivity index (χ0n) is 18.2. The van der Waals surface area contributed by atoms with Gasteiger partial charge in [-0.3, -0.25) is 0 Å². The Balaban J connectivity index is 1.53. The molecule has 33 heavy (non-hydrogen) atoms. The van der Waals surface area contributed by atoms with Gasteiger partial charge in [0.25, 0.3) is 0 Å². The summed E-state index contributed by atoms with van der Waals surface area (Å²) in [4.78, 5) is 16.1. The molecule has 0 spiro atoms. The summed E-state index contributed by atoms with van der Waals surface area (Å²) in [6.45, 7) is 2.32. The fourth-order valence-electron chi connectivity index (χ4n) is 3.23. The van der Waals surface area contributed by atoms with Gasteiger partial charge in [0.05, 0.1) is 5.94 Å². The number of hydrogen-bond acceptors (Lipinski definition) is 6. The van der Waals surface area contributed by atoms with Gasteiger partial charge in [-0.25, -0.2) is 14.5 Å². The number of carbonyl (C=O) groups excluding carboxylic acids is 1. The monoisotopic (exact) mass is 444 g/mol. The van der Waals surface area contributed by atoms with Crippen molar-refractivity contribution in [3.8, 4) is 6.07 Å². The van der Waals surface area contributed by atoms with E-state index in [-0.39, 0.29) is 0 Å². The highest BCUT2D eigenvalue weighted by Gasteiger charge is 2.25. The highest BCUT2D eigenvalue weighted by molar-refractivity contribution is 6.43. The molecule has 1 heterocycles.